The van der Waals surface area contributed by atoms with Gasteiger partial charge in [0.25, 0.3) is 0 Å². The van der Waals surface area contributed by atoms with Gasteiger partial charge in [0.1, 0.15) is 6.10 Å². The second-order valence-electron chi connectivity index (χ2n) is 4.95. The molecule has 76 valence electrons. The van der Waals surface area contributed by atoms with Crippen LogP contribution in [-0.2, 0) is 4.74 Å². The van der Waals surface area contributed by atoms with Gasteiger partial charge in [0.15, 0.2) is 5.90 Å². The summed E-state index contributed by atoms with van der Waals surface area (Å²) in [6, 6.07) is 0. The minimum atomic E-state index is 0.182. The smallest absolute Gasteiger partial charge is 0.185 e. The van der Waals surface area contributed by atoms with Crippen LogP contribution in [0.1, 0.15) is 34.1 Å². The minimum Gasteiger partial charge on any atom is -0.471 e. The van der Waals surface area contributed by atoms with E-state index in [1.807, 2.05) is 6.92 Å². The molecule has 0 amide bonds. The van der Waals surface area contributed by atoms with Crippen molar-refractivity contribution in [3.63, 3.8) is 0 Å². The molecule has 0 saturated heterocycles. The molecule has 1 heterocycles. The summed E-state index contributed by atoms with van der Waals surface area (Å²) in [5.74, 6) is 0.796. The van der Waals surface area contributed by atoms with Crippen LogP contribution in [0, 0.1) is 5.41 Å². The Bertz CT molecular complexity index is 342. The van der Waals surface area contributed by atoms with E-state index in [4.69, 9.17) is 4.74 Å². The molecular formula is C12H17NO. The van der Waals surface area contributed by atoms with E-state index < -0.39 is 0 Å². The summed E-state index contributed by atoms with van der Waals surface area (Å²) in [6.45, 7) is 8.59. The average Bonchev–Trinajstić information content (AvgIpc) is 2.41. The zero-order chi connectivity index (χ0) is 10.3. The molecule has 0 saturated carbocycles. The van der Waals surface area contributed by atoms with E-state index in [0.29, 0.717) is 0 Å². The first kappa shape index (κ1) is 9.50. The number of aliphatic imine (C=N–C) groups is 1. The molecule has 14 heavy (non-hydrogen) atoms. The molecule has 0 aromatic heterocycles. The molecule has 0 aromatic carbocycles. The highest BCUT2D eigenvalue weighted by molar-refractivity contribution is 5.77. The van der Waals surface area contributed by atoms with Crippen molar-refractivity contribution in [1.29, 1.82) is 0 Å². The SMILES string of the molecule is CC1=NC2=CC(C(C)(C)C)=CCC2O1. The van der Waals surface area contributed by atoms with Crippen molar-refractivity contribution < 1.29 is 4.74 Å². The van der Waals surface area contributed by atoms with Crippen LogP contribution in [0.5, 0.6) is 0 Å². The first-order valence-electron chi connectivity index (χ1n) is 5.11. The van der Waals surface area contributed by atoms with E-state index in [-0.39, 0.29) is 11.5 Å². The molecule has 1 atom stereocenters. The predicted molar refractivity (Wildman–Crippen MR) is 58.2 cm³/mol. The largest absolute Gasteiger partial charge is 0.471 e. The second-order valence-corrected chi connectivity index (χ2v) is 4.95. The lowest BCUT2D eigenvalue weighted by Gasteiger charge is -2.25. The topological polar surface area (TPSA) is 21.6 Å². The van der Waals surface area contributed by atoms with E-state index in [1.165, 1.54) is 5.57 Å². The van der Waals surface area contributed by atoms with Crippen molar-refractivity contribution in [3.8, 4) is 0 Å². The van der Waals surface area contributed by atoms with Crippen LogP contribution in [0.2, 0.25) is 0 Å². The summed E-state index contributed by atoms with van der Waals surface area (Å²) in [5, 5.41) is 0. The Morgan fingerprint density at radius 3 is 2.79 bits per heavy atom. The highest BCUT2D eigenvalue weighted by Gasteiger charge is 2.28. The molecule has 2 rings (SSSR count). The fourth-order valence-electron chi connectivity index (χ4n) is 1.82. The van der Waals surface area contributed by atoms with Crippen LogP contribution in [0.15, 0.2) is 28.4 Å². The second kappa shape index (κ2) is 2.97. The molecule has 1 aliphatic carbocycles. The Labute approximate surface area is 85.4 Å². The van der Waals surface area contributed by atoms with Gasteiger partial charge in [-0.15, -0.1) is 0 Å². The van der Waals surface area contributed by atoms with Crippen molar-refractivity contribution in [2.75, 3.05) is 0 Å². The van der Waals surface area contributed by atoms with Crippen LogP contribution in [0.3, 0.4) is 0 Å². The van der Waals surface area contributed by atoms with Gasteiger partial charge < -0.3 is 4.74 Å². The third kappa shape index (κ3) is 1.61. The summed E-state index contributed by atoms with van der Waals surface area (Å²) in [6.07, 6.45) is 5.58. The highest BCUT2D eigenvalue weighted by Crippen LogP contribution is 2.34. The summed E-state index contributed by atoms with van der Waals surface area (Å²) >= 11 is 0. The molecule has 2 nitrogen and oxygen atoms in total. The van der Waals surface area contributed by atoms with Gasteiger partial charge in [-0.3, -0.25) is 0 Å². The standard InChI is InChI=1S/C12H17NO/c1-8-13-10-7-9(12(2,3)4)5-6-11(10)14-8/h5,7,11H,6H2,1-4H3. The first-order chi connectivity index (χ1) is 6.47. The fraction of sp³-hybridized carbons (Fsp3) is 0.583. The molecule has 0 radical (unpaired) electrons. The summed E-state index contributed by atoms with van der Waals surface area (Å²) in [4.78, 5) is 4.39. The Morgan fingerprint density at radius 1 is 1.43 bits per heavy atom. The van der Waals surface area contributed by atoms with Gasteiger partial charge in [-0.05, 0) is 17.1 Å². The Morgan fingerprint density at radius 2 is 2.14 bits per heavy atom. The van der Waals surface area contributed by atoms with Crippen molar-refractivity contribution in [3.05, 3.63) is 23.4 Å². The van der Waals surface area contributed by atoms with Gasteiger partial charge in [0.05, 0.1) is 5.70 Å². The maximum absolute atomic E-state index is 5.56. The Kier molecular flexibility index (Phi) is 2.02. The number of ether oxygens (including phenoxy) is 1. The van der Waals surface area contributed by atoms with Gasteiger partial charge in [-0.25, -0.2) is 4.99 Å². The molecule has 0 fully saturated rings. The number of fused-ring (bicyclic) bond motifs is 1. The number of hydrogen-bond donors (Lipinski definition) is 0. The lowest BCUT2D eigenvalue weighted by molar-refractivity contribution is 0.243. The van der Waals surface area contributed by atoms with Crippen LogP contribution in [-0.4, -0.2) is 12.0 Å². The molecule has 2 heteroatoms. The predicted octanol–water partition coefficient (Wildman–Crippen LogP) is 3.06. The molecule has 0 aromatic rings. The zero-order valence-electron chi connectivity index (χ0n) is 9.29. The molecular weight excluding hydrogens is 174 g/mol. The third-order valence-electron chi connectivity index (χ3n) is 2.65. The minimum absolute atomic E-state index is 0.182. The number of nitrogens with zero attached hydrogens (tertiary/aromatic N) is 1. The van der Waals surface area contributed by atoms with E-state index >= 15 is 0 Å². The Balaban J connectivity index is 2.28. The van der Waals surface area contributed by atoms with E-state index in [1.54, 1.807) is 0 Å². The van der Waals surface area contributed by atoms with Gasteiger partial charge >= 0.3 is 0 Å². The highest BCUT2D eigenvalue weighted by atomic mass is 16.5. The monoisotopic (exact) mass is 191 g/mol. The molecule has 2 aliphatic rings. The maximum atomic E-state index is 5.56. The number of hydrogen-bond acceptors (Lipinski definition) is 2. The van der Waals surface area contributed by atoms with Crippen LogP contribution >= 0.6 is 0 Å². The van der Waals surface area contributed by atoms with Gasteiger partial charge in [-0.2, -0.15) is 0 Å². The molecule has 1 aliphatic heterocycles. The van der Waals surface area contributed by atoms with Crippen LogP contribution in [0.25, 0.3) is 0 Å². The number of allylic oxidation sites excluding steroid dienone is 2. The normalized spacial score (nSPS) is 26.0. The van der Waals surface area contributed by atoms with Gasteiger partial charge in [-0.1, -0.05) is 26.8 Å². The van der Waals surface area contributed by atoms with Crippen LogP contribution < -0.4 is 0 Å². The molecule has 0 spiro atoms. The molecule has 1 unspecified atom stereocenters. The molecule has 0 N–H and O–H groups in total. The summed E-state index contributed by atoms with van der Waals surface area (Å²) in [7, 11) is 0. The maximum Gasteiger partial charge on any atom is 0.185 e. The van der Waals surface area contributed by atoms with Crippen molar-refractivity contribution in [2.24, 2.45) is 10.4 Å². The quantitative estimate of drug-likeness (QED) is 0.576. The van der Waals surface area contributed by atoms with Crippen LogP contribution in [0.4, 0.5) is 0 Å². The lowest BCUT2D eigenvalue weighted by Crippen LogP contribution is -2.17. The van der Waals surface area contributed by atoms with Gasteiger partial charge in [0.2, 0.25) is 0 Å². The summed E-state index contributed by atoms with van der Waals surface area (Å²) < 4.78 is 5.56. The van der Waals surface area contributed by atoms with E-state index in [9.17, 15) is 0 Å². The average molecular weight is 191 g/mol. The number of rotatable bonds is 0. The Hall–Kier alpha value is -1.05. The first-order valence-corrected chi connectivity index (χ1v) is 5.11. The van der Waals surface area contributed by atoms with E-state index in [2.05, 4.69) is 37.9 Å². The van der Waals surface area contributed by atoms with Crippen molar-refractivity contribution in [1.82, 2.24) is 0 Å². The third-order valence-corrected chi connectivity index (χ3v) is 2.65. The van der Waals surface area contributed by atoms with Gasteiger partial charge in [0, 0.05) is 13.3 Å². The van der Waals surface area contributed by atoms with E-state index in [0.717, 1.165) is 18.0 Å². The zero-order valence-corrected chi connectivity index (χ0v) is 9.29. The summed E-state index contributed by atoms with van der Waals surface area (Å²) in [5.41, 5.74) is 2.67. The fourth-order valence-corrected chi connectivity index (χ4v) is 1.82. The van der Waals surface area contributed by atoms with Crippen molar-refractivity contribution >= 4 is 5.90 Å². The molecule has 0 bridgehead atoms. The lowest BCUT2D eigenvalue weighted by atomic mass is 9.82. The van der Waals surface area contributed by atoms with Crippen molar-refractivity contribution in [2.45, 2.75) is 40.2 Å².